The van der Waals surface area contributed by atoms with Crippen LogP contribution in [0.1, 0.15) is 22.8 Å². The van der Waals surface area contributed by atoms with E-state index < -0.39 is 11.7 Å². The first-order chi connectivity index (χ1) is 8.08. The molecule has 0 aliphatic carbocycles. The third-order valence-corrected chi connectivity index (χ3v) is 2.59. The van der Waals surface area contributed by atoms with Crippen LogP contribution in [0.3, 0.4) is 0 Å². The van der Waals surface area contributed by atoms with Crippen LogP contribution in [-0.2, 0) is 6.54 Å². The van der Waals surface area contributed by atoms with E-state index >= 15 is 0 Å². The van der Waals surface area contributed by atoms with Gasteiger partial charge in [0.25, 0.3) is 0 Å². The summed E-state index contributed by atoms with van der Waals surface area (Å²) in [4.78, 5) is 12.8. The van der Waals surface area contributed by atoms with Gasteiger partial charge in [0.15, 0.2) is 0 Å². The molecule has 5 heteroatoms. The van der Waals surface area contributed by atoms with E-state index in [0.717, 1.165) is 12.6 Å². The lowest BCUT2D eigenvalue weighted by molar-refractivity contribution is 0.1000. The van der Waals surface area contributed by atoms with Gasteiger partial charge in [-0.1, -0.05) is 13.0 Å². The van der Waals surface area contributed by atoms with Gasteiger partial charge in [-0.3, -0.25) is 9.69 Å². The van der Waals surface area contributed by atoms with Crippen molar-refractivity contribution in [1.82, 2.24) is 4.90 Å². The van der Waals surface area contributed by atoms with Crippen molar-refractivity contribution in [2.75, 3.05) is 19.7 Å². The number of benzene rings is 1. The van der Waals surface area contributed by atoms with Gasteiger partial charge in [0.05, 0.1) is 6.61 Å². The summed E-state index contributed by atoms with van der Waals surface area (Å²) in [5.41, 5.74) is 5.71. The molecule has 0 bridgehead atoms. The highest BCUT2D eigenvalue weighted by atomic mass is 19.1. The van der Waals surface area contributed by atoms with Crippen molar-refractivity contribution in [3.05, 3.63) is 35.1 Å². The summed E-state index contributed by atoms with van der Waals surface area (Å²) in [7, 11) is 0. The lowest BCUT2D eigenvalue weighted by Gasteiger charge is -2.19. The van der Waals surface area contributed by atoms with E-state index in [2.05, 4.69) is 0 Å². The third kappa shape index (κ3) is 3.80. The number of hydrogen-bond acceptors (Lipinski definition) is 3. The minimum Gasteiger partial charge on any atom is -0.395 e. The maximum Gasteiger partial charge on any atom is 0.248 e. The Morgan fingerprint density at radius 3 is 2.71 bits per heavy atom. The van der Waals surface area contributed by atoms with Crippen molar-refractivity contribution in [1.29, 1.82) is 0 Å². The molecule has 1 rings (SSSR count). The van der Waals surface area contributed by atoms with Crippen LogP contribution in [0.2, 0.25) is 0 Å². The van der Waals surface area contributed by atoms with E-state index in [1.807, 2.05) is 11.8 Å². The number of likely N-dealkylation sites (N-methyl/N-ethyl adjacent to an activating group) is 1. The molecule has 0 heterocycles. The Kier molecular flexibility index (Phi) is 5.06. The average molecular weight is 240 g/mol. The van der Waals surface area contributed by atoms with Gasteiger partial charge in [0.2, 0.25) is 5.91 Å². The number of nitrogens with zero attached hydrogens (tertiary/aromatic N) is 1. The van der Waals surface area contributed by atoms with Crippen molar-refractivity contribution >= 4 is 5.91 Å². The van der Waals surface area contributed by atoms with E-state index in [4.69, 9.17) is 10.8 Å². The summed E-state index contributed by atoms with van der Waals surface area (Å²) in [6, 6.07) is 4.20. The van der Waals surface area contributed by atoms with Gasteiger partial charge in [0, 0.05) is 24.2 Å². The molecular formula is C12H17FN2O2. The van der Waals surface area contributed by atoms with Gasteiger partial charge in [-0.15, -0.1) is 0 Å². The summed E-state index contributed by atoms with van der Waals surface area (Å²) in [6.07, 6.45) is 0. The Hall–Kier alpha value is -1.46. The van der Waals surface area contributed by atoms with E-state index in [9.17, 15) is 9.18 Å². The number of aliphatic hydroxyl groups is 1. The van der Waals surface area contributed by atoms with Crippen LogP contribution in [0.4, 0.5) is 4.39 Å². The number of amides is 1. The highest BCUT2D eigenvalue weighted by Crippen LogP contribution is 2.12. The molecule has 0 aliphatic rings. The Morgan fingerprint density at radius 2 is 2.24 bits per heavy atom. The molecule has 0 saturated carbocycles. The summed E-state index contributed by atoms with van der Waals surface area (Å²) in [6.45, 7) is 3.59. The van der Waals surface area contributed by atoms with Crippen molar-refractivity contribution in [2.24, 2.45) is 5.73 Å². The Bertz CT molecular complexity index is 396. The predicted octanol–water partition coefficient (Wildman–Crippen LogP) is 0.739. The molecule has 17 heavy (non-hydrogen) atoms. The fourth-order valence-corrected chi connectivity index (χ4v) is 1.56. The van der Waals surface area contributed by atoms with Crippen molar-refractivity contribution < 1.29 is 14.3 Å². The number of carbonyl (C=O) groups excluding carboxylic acids is 1. The van der Waals surface area contributed by atoms with E-state index in [0.29, 0.717) is 18.7 Å². The zero-order chi connectivity index (χ0) is 12.8. The smallest absolute Gasteiger partial charge is 0.248 e. The molecule has 0 atom stereocenters. The molecule has 1 aromatic rings. The Morgan fingerprint density at radius 1 is 1.53 bits per heavy atom. The van der Waals surface area contributed by atoms with Crippen LogP contribution in [0, 0.1) is 5.82 Å². The van der Waals surface area contributed by atoms with Crippen LogP contribution in [0.5, 0.6) is 0 Å². The number of hydrogen-bond donors (Lipinski definition) is 2. The fourth-order valence-electron chi connectivity index (χ4n) is 1.56. The molecule has 4 nitrogen and oxygen atoms in total. The number of aliphatic hydroxyl groups excluding tert-OH is 1. The highest BCUT2D eigenvalue weighted by molar-refractivity contribution is 5.92. The van der Waals surface area contributed by atoms with Gasteiger partial charge < -0.3 is 10.8 Å². The molecule has 0 aliphatic heterocycles. The summed E-state index contributed by atoms with van der Waals surface area (Å²) >= 11 is 0. The topological polar surface area (TPSA) is 66.6 Å². The zero-order valence-electron chi connectivity index (χ0n) is 9.82. The molecule has 0 aromatic heterocycles. The van der Waals surface area contributed by atoms with E-state index in [-0.39, 0.29) is 12.2 Å². The third-order valence-electron chi connectivity index (χ3n) is 2.59. The number of carbonyl (C=O) groups is 1. The molecule has 0 radical (unpaired) electrons. The second-order valence-electron chi connectivity index (χ2n) is 3.76. The summed E-state index contributed by atoms with van der Waals surface area (Å²) < 4.78 is 13.7. The van der Waals surface area contributed by atoms with Crippen LogP contribution in [0.15, 0.2) is 18.2 Å². The second-order valence-corrected chi connectivity index (χ2v) is 3.76. The molecule has 0 fully saturated rings. The van der Waals surface area contributed by atoms with Crippen molar-refractivity contribution in [2.45, 2.75) is 13.5 Å². The molecule has 0 unspecified atom stereocenters. The fraction of sp³-hybridized carbons (Fsp3) is 0.417. The van der Waals surface area contributed by atoms with Gasteiger partial charge in [0.1, 0.15) is 5.82 Å². The molecule has 3 N–H and O–H groups in total. The predicted molar refractivity (Wildman–Crippen MR) is 63.0 cm³/mol. The maximum atomic E-state index is 13.7. The van der Waals surface area contributed by atoms with Crippen molar-refractivity contribution in [3.63, 3.8) is 0 Å². The highest BCUT2D eigenvalue weighted by Gasteiger charge is 2.10. The summed E-state index contributed by atoms with van der Waals surface area (Å²) in [5, 5.41) is 8.84. The minimum atomic E-state index is -0.641. The quantitative estimate of drug-likeness (QED) is 0.770. The van der Waals surface area contributed by atoms with E-state index in [1.165, 1.54) is 6.07 Å². The first-order valence-electron chi connectivity index (χ1n) is 5.50. The Balaban J connectivity index is 2.81. The largest absolute Gasteiger partial charge is 0.395 e. The maximum absolute atomic E-state index is 13.7. The number of nitrogens with two attached hydrogens (primary N) is 1. The van der Waals surface area contributed by atoms with Crippen LogP contribution < -0.4 is 5.73 Å². The van der Waals surface area contributed by atoms with Crippen LogP contribution in [0.25, 0.3) is 0 Å². The number of primary amides is 1. The standard InChI is InChI=1S/C12H17FN2O2/c1-2-15(5-6-16)8-10-4-3-9(12(14)17)7-11(10)13/h3-4,7,16H,2,5-6,8H2,1H3,(H2,14,17). The van der Waals surface area contributed by atoms with Gasteiger partial charge in [-0.2, -0.15) is 0 Å². The molecule has 0 saturated heterocycles. The number of halogens is 1. The van der Waals surface area contributed by atoms with Crippen LogP contribution >= 0.6 is 0 Å². The monoisotopic (exact) mass is 240 g/mol. The summed E-state index contributed by atoms with van der Waals surface area (Å²) in [5.74, 6) is -1.09. The normalized spacial score (nSPS) is 10.8. The average Bonchev–Trinajstić information content (AvgIpc) is 2.30. The SMILES string of the molecule is CCN(CCO)Cc1ccc(C(N)=O)cc1F. The molecular weight excluding hydrogens is 223 g/mol. The lowest BCUT2D eigenvalue weighted by atomic mass is 10.1. The van der Waals surface area contributed by atoms with Gasteiger partial charge >= 0.3 is 0 Å². The number of rotatable bonds is 6. The first-order valence-corrected chi connectivity index (χ1v) is 5.50. The molecule has 1 aromatic carbocycles. The van der Waals surface area contributed by atoms with Gasteiger partial charge in [-0.25, -0.2) is 4.39 Å². The van der Waals surface area contributed by atoms with E-state index in [1.54, 1.807) is 6.07 Å². The molecule has 94 valence electrons. The van der Waals surface area contributed by atoms with Gasteiger partial charge in [-0.05, 0) is 18.7 Å². The second kappa shape index (κ2) is 6.32. The first kappa shape index (κ1) is 13.6. The molecule has 0 spiro atoms. The van der Waals surface area contributed by atoms with Crippen LogP contribution in [-0.4, -0.2) is 35.6 Å². The Labute approximate surface area is 99.8 Å². The lowest BCUT2D eigenvalue weighted by Crippen LogP contribution is -2.26. The van der Waals surface area contributed by atoms with Crippen molar-refractivity contribution in [3.8, 4) is 0 Å². The zero-order valence-corrected chi connectivity index (χ0v) is 9.82. The minimum absolute atomic E-state index is 0.0365. The molecule has 1 amide bonds.